The Morgan fingerprint density at radius 3 is 2.08 bits per heavy atom. The fourth-order valence-electron chi connectivity index (χ4n) is 5.77. The lowest BCUT2D eigenvalue weighted by Gasteiger charge is -2.33. The van der Waals surface area contributed by atoms with Gasteiger partial charge in [0.15, 0.2) is 0 Å². The Bertz CT molecular complexity index is 1780. The second-order valence-corrected chi connectivity index (χ2v) is 9.35. The zero-order valence-electron chi connectivity index (χ0n) is 19.5. The number of hydrogen-bond donors (Lipinski definition) is 1. The number of nitrogens with zero attached hydrogens (tertiary/aromatic N) is 3. The standard InChI is InChI=1S/C32H22N4/c1-2-10-21(11-3-1)31-33-26-19-18-22(20-25(26)32-34-27-14-6-9-17-30(27)36(31)32)35-28-15-7-4-12-23(28)24-13-5-8-16-29(24)35/h1-20,32,34H. The highest BCUT2D eigenvalue weighted by Gasteiger charge is 2.38. The third-order valence-electron chi connectivity index (χ3n) is 7.34. The smallest absolute Gasteiger partial charge is 0.143 e. The Kier molecular flexibility index (Phi) is 3.97. The van der Waals surface area contributed by atoms with E-state index in [4.69, 9.17) is 4.99 Å². The monoisotopic (exact) mass is 462 g/mol. The first-order chi connectivity index (χ1) is 17.9. The Morgan fingerprint density at radius 2 is 1.31 bits per heavy atom. The molecule has 0 amide bonds. The van der Waals surface area contributed by atoms with E-state index in [0.717, 1.165) is 34.1 Å². The van der Waals surface area contributed by atoms with Gasteiger partial charge < -0.3 is 9.88 Å². The molecule has 0 aliphatic carbocycles. The van der Waals surface area contributed by atoms with Crippen LogP contribution in [-0.2, 0) is 0 Å². The van der Waals surface area contributed by atoms with E-state index in [0.29, 0.717) is 0 Å². The molecule has 2 aliphatic heterocycles. The molecule has 1 N–H and O–H groups in total. The van der Waals surface area contributed by atoms with Gasteiger partial charge in [-0.1, -0.05) is 78.9 Å². The molecule has 4 heteroatoms. The molecule has 0 saturated heterocycles. The van der Waals surface area contributed by atoms with Gasteiger partial charge in [-0.3, -0.25) is 4.90 Å². The van der Waals surface area contributed by atoms with Crippen LogP contribution >= 0.6 is 0 Å². The third-order valence-corrected chi connectivity index (χ3v) is 7.34. The summed E-state index contributed by atoms with van der Waals surface area (Å²) in [4.78, 5) is 7.53. The van der Waals surface area contributed by atoms with Crippen molar-refractivity contribution in [3.8, 4) is 5.69 Å². The van der Waals surface area contributed by atoms with E-state index in [2.05, 4.69) is 130 Å². The summed E-state index contributed by atoms with van der Waals surface area (Å²) >= 11 is 0. The highest BCUT2D eigenvalue weighted by Crippen LogP contribution is 2.48. The molecule has 1 atom stereocenters. The summed E-state index contributed by atoms with van der Waals surface area (Å²) in [6.45, 7) is 0. The van der Waals surface area contributed by atoms with Crippen molar-refractivity contribution in [1.82, 2.24) is 4.57 Å². The van der Waals surface area contributed by atoms with Crippen LogP contribution in [0.25, 0.3) is 27.5 Å². The predicted octanol–water partition coefficient (Wildman–Crippen LogP) is 7.81. The summed E-state index contributed by atoms with van der Waals surface area (Å²) < 4.78 is 2.37. The molecule has 170 valence electrons. The molecule has 2 aliphatic rings. The van der Waals surface area contributed by atoms with Gasteiger partial charge in [0.1, 0.15) is 12.0 Å². The van der Waals surface area contributed by atoms with Crippen LogP contribution in [0, 0.1) is 0 Å². The largest absolute Gasteiger partial charge is 0.359 e. The number of hydrogen-bond acceptors (Lipinski definition) is 3. The highest BCUT2D eigenvalue weighted by atomic mass is 15.4. The molecule has 3 heterocycles. The maximum Gasteiger partial charge on any atom is 0.143 e. The molecular formula is C32H22N4. The maximum atomic E-state index is 5.20. The summed E-state index contributed by atoms with van der Waals surface area (Å²) in [5.41, 5.74) is 9.12. The summed E-state index contributed by atoms with van der Waals surface area (Å²) in [7, 11) is 0. The SMILES string of the molecule is c1ccc(C2=Nc3ccc(-n4c5ccccc5c5ccccc54)cc3C3Nc4ccccc4N23)cc1. The van der Waals surface area contributed by atoms with E-state index < -0.39 is 0 Å². The number of aliphatic imine (C=N–C) groups is 1. The van der Waals surface area contributed by atoms with Crippen LogP contribution in [0.1, 0.15) is 17.3 Å². The summed E-state index contributed by atoms with van der Waals surface area (Å²) in [5.74, 6) is 0.968. The molecule has 1 aromatic heterocycles. The fourth-order valence-corrected chi connectivity index (χ4v) is 5.77. The zero-order valence-corrected chi connectivity index (χ0v) is 19.5. The van der Waals surface area contributed by atoms with Gasteiger partial charge in [-0.25, -0.2) is 4.99 Å². The van der Waals surface area contributed by atoms with Crippen LogP contribution in [0.3, 0.4) is 0 Å². The van der Waals surface area contributed by atoms with Crippen LogP contribution in [-0.4, -0.2) is 10.4 Å². The lowest BCUT2D eigenvalue weighted by atomic mass is 10.0. The number of aromatic nitrogens is 1. The van der Waals surface area contributed by atoms with Crippen molar-refractivity contribution in [2.45, 2.75) is 6.17 Å². The number of anilines is 2. The topological polar surface area (TPSA) is 32.6 Å². The summed E-state index contributed by atoms with van der Waals surface area (Å²) in [6, 6.07) is 42.9. The van der Waals surface area contributed by atoms with E-state index in [9.17, 15) is 0 Å². The van der Waals surface area contributed by atoms with Crippen molar-refractivity contribution in [2.24, 2.45) is 4.99 Å². The van der Waals surface area contributed by atoms with E-state index in [1.54, 1.807) is 0 Å². The van der Waals surface area contributed by atoms with Gasteiger partial charge in [0.25, 0.3) is 0 Å². The lowest BCUT2D eigenvalue weighted by Crippen LogP contribution is -2.37. The molecule has 4 nitrogen and oxygen atoms in total. The molecule has 5 aromatic carbocycles. The lowest BCUT2D eigenvalue weighted by molar-refractivity contribution is 0.830. The Morgan fingerprint density at radius 1 is 0.639 bits per heavy atom. The van der Waals surface area contributed by atoms with E-state index in [1.165, 1.54) is 27.4 Å². The number of benzene rings is 5. The predicted molar refractivity (Wildman–Crippen MR) is 149 cm³/mol. The molecular weight excluding hydrogens is 440 g/mol. The zero-order chi connectivity index (χ0) is 23.6. The minimum Gasteiger partial charge on any atom is -0.359 e. The van der Waals surface area contributed by atoms with Crippen LogP contribution in [0.2, 0.25) is 0 Å². The van der Waals surface area contributed by atoms with Gasteiger partial charge in [-0.05, 0) is 42.5 Å². The number of para-hydroxylation sites is 4. The van der Waals surface area contributed by atoms with Crippen molar-refractivity contribution in [3.63, 3.8) is 0 Å². The number of nitrogens with one attached hydrogen (secondary N) is 1. The molecule has 0 saturated carbocycles. The second kappa shape index (κ2) is 7.33. The first-order valence-corrected chi connectivity index (χ1v) is 12.3. The maximum absolute atomic E-state index is 5.20. The molecule has 8 rings (SSSR count). The van der Waals surface area contributed by atoms with E-state index in [1.807, 2.05) is 6.07 Å². The molecule has 1 unspecified atom stereocenters. The van der Waals surface area contributed by atoms with Crippen LogP contribution in [0.4, 0.5) is 17.1 Å². The van der Waals surface area contributed by atoms with Crippen LogP contribution < -0.4 is 10.2 Å². The Labute approximate surface area is 208 Å². The fraction of sp³-hybridized carbons (Fsp3) is 0.0312. The summed E-state index contributed by atoms with van der Waals surface area (Å²) in [6.07, 6.45) is -0.0295. The third kappa shape index (κ3) is 2.67. The second-order valence-electron chi connectivity index (χ2n) is 9.35. The van der Waals surface area contributed by atoms with Crippen molar-refractivity contribution in [1.29, 1.82) is 0 Å². The normalized spacial score (nSPS) is 15.8. The first-order valence-electron chi connectivity index (χ1n) is 12.3. The van der Waals surface area contributed by atoms with Crippen LogP contribution in [0.15, 0.2) is 126 Å². The van der Waals surface area contributed by atoms with Crippen molar-refractivity contribution >= 4 is 44.7 Å². The number of rotatable bonds is 2. The highest BCUT2D eigenvalue weighted by molar-refractivity contribution is 6.16. The van der Waals surface area contributed by atoms with E-state index in [-0.39, 0.29) is 6.17 Å². The first kappa shape index (κ1) is 19.5. The van der Waals surface area contributed by atoms with Crippen molar-refractivity contribution in [3.05, 3.63) is 132 Å². The molecule has 0 spiro atoms. The Balaban J connectivity index is 1.37. The van der Waals surface area contributed by atoms with Gasteiger partial charge in [-0.2, -0.15) is 0 Å². The quantitative estimate of drug-likeness (QED) is 0.285. The number of amidine groups is 1. The minimum atomic E-state index is -0.0295. The van der Waals surface area contributed by atoms with E-state index >= 15 is 0 Å². The van der Waals surface area contributed by atoms with Gasteiger partial charge in [0.2, 0.25) is 0 Å². The van der Waals surface area contributed by atoms with Crippen molar-refractivity contribution < 1.29 is 0 Å². The average Bonchev–Trinajstić information content (AvgIpc) is 3.50. The van der Waals surface area contributed by atoms with Gasteiger partial charge in [-0.15, -0.1) is 0 Å². The number of fused-ring (bicyclic) bond motifs is 8. The molecule has 0 bridgehead atoms. The van der Waals surface area contributed by atoms with Gasteiger partial charge >= 0.3 is 0 Å². The van der Waals surface area contributed by atoms with Crippen LogP contribution in [0.5, 0.6) is 0 Å². The van der Waals surface area contributed by atoms with Gasteiger partial charge in [0.05, 0.1) is 28.1 Å². The molecule has 0 radical (unpaired) electrons. The summed E-state index contributed by atoms with van der Waals surface area (Å²) in [5, 5.41) is 6.31. The minimum absolute atomic E-state index is 0.0295. The molecule has 6 aromatic rings. The van der Waals surface area contributed by atoms with Crippen molar-refractivity contribution in [2.75, 3.05) is 10.2 Å². The Hall–Kier alpha value is -4.83. The van der Waals surface area contributed by atoms with Gasteiger partial charge in [0, 0.05) is 27.6 Å². The molecule has 36 heavy (non-hydrogen) atoms. The average molecular weight is 463 g/mol. The molecule has 0 fully saturated rings.